The summed E-state index contributed by atoms with van der Waals surface area (Å²) in [5.41, 5.74) is 2.52. The van der Waals surface area contributed by atoms with Gasteiger partial charge in [-0.1, -0.05) is 31.7 Å². The molecule has 0 aliphatic carbocycles. The highest BCUT2D eigenvalue weighted by atomic mass is 35.5. The normalized spacial score (nSPS) is 11.8. The van der Waals surface area contributed by atoms with Crippen LogP contribution in [0.2, 0.25) is 5.15 Å². The topological polar surface area (TPSA) is 17.8 Å². The molecule has 0 fully saturated rings. The van der Waals surface area contributed by atoms with E-state index in [0.717, 1.165) is 12.7 Å². The van der Waals surface area contributed by atoms with Gasteiger partial charge in [0.05, 0.1) is 5.52 Å². The molecule has 0 saturated heterocycles. The van der Waals surface area contributed by atoms with Gasteiger partial charge < -0.3 is 4.57 Å². The van der Waals surface area contributed by atoms with Crippen molar-refractivity contribution in [3.05, 3.63) is 29.2 Å². The zero-order valence-electron chi connectivity index (χ0n) is 10.2. The van der Waals surface area contributed by atoms with E-state index in [0.29, 0.717) is 11.1 Å². The predicted octanol–water partition coefficient (Wildman–Crippen LogP) is 4.19. The van der Waals surface area contributed by atoms with E-state index in [4.69, 9.17) is 11.6 Å². The van der Waals surface area contributed by atoms with Crippen molar-refractivity contribution in [3.8, 4) is 0 Å². The lowest BCUT2D eigenvalue weighted by atomic mass is 10.1. The average Bonchev–Trinajstić information content (AvgIpc) is 2.64. The summed E-state index contributed by atoms with van der Waals surface area (Å²) in [6.07, 6.45) is 6.79. The molecule has 0 aliphatic rings. The number of hydrogen-bond donors (Lipinski definition) is 0. The summed E-state index contributed by atoms with van der Waals surface area (Å²) < 4.78 is 2.34. The standard InChI is InChI=1S/C13H16ClN2P/c1-9(2)11-6-10-8-15-13(14)7-12(10)16(11)4-5-17-3/h6-9H,3-5H2,1-2H3. The number of halogens is 1. The van der Waals surface area contributed by atoms with E-state index < -0.39 is 0 Å². The molecule has 2 rings (SSSR count). The van der Waals surface area contributed by atoms with Crippen molar-refractivity contribution in [2.75, 3.05) is 6.16 Å². The Labute approximate surface area is 108 Å². The fourth-order valence-electron chi connectivity index (χ4n) is 2.05. The van der Waals surface area contributed by atoms with Crippen molar-refractivity contribution < 1.29 is 0 Å². The minimum Gasteiger partial charge on any atom is -0.344 e. The van der Waals surface area contributed by atoms with Crippen molar-refractivity contribution in [3.63, 3.8) is 0 Å². The zero-order valence-corrected chi connectivity index (χ0v) is 11.8. The number of aromatic nitrogens is 2. The van der Waals surface area contributed by atoms with Crippen LogP contribution in [-0.4, -0.2) is 22.0 Å². The Balaban J connectivity index is 2.59. The fraction of sp³-hybridized carbons (Fsp3) is 0.385. The van der Waals surface area contributed by atoms with Gasteiger partial charge in [0.1, 0.15) is 5.15 Å². The van der Waals surface area contributed by atoms with Crippen molar-refractivity contribution >= 4 is 37.0 Å². The summed E-state index contributed by atoms with van der Waals surface area (Å²) in [5, 5.41) is 1.72. The molecular weight excluding hydrogens is 251 g/mol. The first-order valence-corrected chi connectivity index (χ1v) is 7.35. The van der Waals surface area contributed by atoms with Crippen molar-refractivity contribution in [1.29, 1.82) is 0 Å². The number of rotatable bonds is 4. The summed E-state index contributed by atoms with van der Waals surface area (Å²) in [6, 6.07) is 4.16. The van der Waals surface area contributed by atoms with Crippen molar-refractivity contribution in [1.82, 2.24) is 9.55 Å². The van der Waals surface area contributed by atoms with E-state index in [2.05, 4.69) is 35.8 Å². The Bertz CT molecular complexity index is 546. The molecule has 90 valence electrons. The SMILES string of the molecule is C=PCCn1c(C(C)C)cc2cnc(Cl)cc21. The molecule has 2 aromatic heterocycles. The van der Waals surface area contributed by atoms with Crippen LogP contribution in [0.3, 0.4) is 0 Å². The summed E-state index contributed by atoms with van der Waals surface area (Å²) in [6.45, 7) is 5.41. The molecule has 0 saturated carbocycles. The van der Waals surface area contributed by atoms with E-state index >= 15 is 0 Å². The van der Waals surface area contributed by atoms with Gasteiger partial charge in [-0.15, -0.1) is 8.20 Å². The quantitative estimate of drug-likeness (QED) is 0.599. The highest BCUT2D eigenvalue weighted by Crippen LogP contribution is 2.26. The molecule has 0 N–H and O–H groups in total. The first-order valence-electron chi connectivity index (χ1n) is 5.70. The molecule has 4 heteroatoms. The van der Waals surface area contributed by atoms with E-state index in [1.54, 1.807) is 0 Å². The summed E-state index contributed by atoms with van der Waals surface area (Å²) in [5.74, 6) is 0.502. The van der Waals surface area contributed by atoms with Crippen LogP contribution < -0.4 is 0 Å². The molecule has 0 aliphatic heterocycles. The van der Waals surface area contributed by atoms with Gasteiger partial charge in [0.15, 0.2) is 0 Å². The van der Waals surface area contributed by atoms with Gasteiger partial charge in [0.2, 0.25) is 0 Å². The maximum atomic E-state index is 5.97. The summed E-state index contributed by atoms with van der Waals surface area (Å²) in [4.78, 5) is 4.14. The molecule has 0 unspecified atom stereocenters. The third kappa shape index (κ3) is 2.53. The van der Waals surface area contributed by atoms with Crippen LogP contribution in [0.25, 0.3) is 10.9 Å². The molecule has 0 spiro atoms. The molecule has 0 radical (unpaired) electrons. The molecular formula is C13H16ClN2P. The van der Waals surface area contributed by atoms with Gasteiger partial charge in [0.25, 0.3) is 0 Å². The smallest absolute Gasteiger partial charge is 0.131 e. The van der Waals surface area contributed by atoms with Crippen LogP contribution >= 0.6 is 19.8 Å². The van der Waals surface area contributed by atoms with Crippen LogP contribution in [-0.2, 0) is 6.54 Å². The average molecular weight is 267 g/mol. The Morgan fingerprint density at radius 2 is 2.24 bits per heavy atom. The van der Waals surface area contributed by atoms with Gasteiger partial charge >= 0.3 is 0 Å². The fourth-order valence-corrected chi connectivity index (χ4v) is 2.54. The molecule has 0 atom stereocenters. The zero-order chi connectivity index (χ0) is 12.4. The van der Waals surface area contributed by atoms with Crippen molar-refractivity contribution in [2.45, 2.75) is 26.3 Å². The van der Waals surface area contributed by atoms with Gasteiger partial charge in [-0.05, 0) is 18.1 Å². The van der Waals surface area contributed by atoms with E-state index in [1.807, 2.05) is 12.3 Å². The Morgan fingerprint density at radius 1 is 1.47 bits per heavy atom. The number of aryl methyl sites for hydroxylation is 1. The minimum absolute atomic E-state index is 0.502. The molecule has 17 heavy (non-hydrogen) atoms. The highest BCUT2D eigenvalue weighted by Gasteiger charge is 2.11. The van der Waals surface area contributed by atoms with E-state index in [9.17, 15) is 0 Å². The van der Waals surface area contributed by atoms with Gasteiger partial charge in [-0.2, -0.15) is 0 Å². The monoisotopic (exact) mass is 266 g/mol. The Morgan fingerprint density at radius 3 is 2.88 bits per heavy atom. The number of hydrogen-bond acceptors (Lipinski definition) is 1. The number of pyridine rings is 1. The third-order valence-corrected chi connectivity index (χ3v) is 3.58. The van der Waals surface area contributed by atoms with Gasteiger partial charge in [0, 0.05) is 30.0 Å². The molecule has 2 heterocycles. The third-order valence-electron chi connectivity index (χ3n) is 2.86. The van der Waals surface area contributed by atoms with Crippen LogP contribution in [0.5, 0.6) is 0 Å². The molecule has 2 nitrogen and oxygen atoms in total. The van der Waals surface area contributed by atoms with Crippen LogP contribution in [0.1, 0.15) is 25.5 Å². The first-order chi connectivity index (χ1) is 8.13. The van der Waals surface area contributed by atoms with Gasteiger partial charge in [-0.25, -0.2) is 4.98 Å². The second-order valence-corrected chi connectivity index (χ2v) is 5.67. The predicted molar refractivity (Wildman–Crippen MR) is 77.7 cm³/mol. The lowest BCUT2D eigenvalue weighted by Crippen LogP contribution is -2.05. The lowest BCUT2D eigenvalue weighted by molar-refractivity contribution is 0.695. The molecule has 0 aromatic carbocycles. The molecule has 2 aromatic rings. The maximum absolute atomic E-state index is 5.97. The second-order valence-electron chi connectivity index (χ2n) is 4.39. The summed E-state index contributed by atoms with van der Waals surface area (Å²) in [7, 11) is 1.17. The Hall–Kier alpha value is -0.850. The van der Waals surface area contributed by atoms with Crippen LogP contribution in [0.4, 0.5) is 0 Å². The van der Waals surface area contributed by atoms with E-state index in [-0.39, 0.29) is 0 Å². The van der Waals surface area contributed by atoms with Crippen LogP contribution in [0, 0.1) is 0 Å². The second kappa shape index (κ2) is 5.20. The minimum atomic E-state index is 0.502. The number of nitrogens with zero attached hydrogens (tertiary/aromatic N) is 2. The van der Waals surface area contributed by atoms with Crippen LogP contribution in [0.15, 0.2) is 18.3 Å². The van der Waals surface area contributed by atoms with Crippen molar-refractivity contribution in [2.24, 2.45) is 0 Å². The molecule has 0 bridgehead atoms. The first kappa shape index (κ1) is 12.6. The van der Waals surface area contributed by atoms with E-state index in [1.165, 1.54) is 24.8 Å². The van der Waals surface area contributed by atoms with Gasteiger partial charge in [-0.3, -0.25) is 0 Å². The highest BCUT2D eigenvalue weighted by molar-refractivity contribution is 7.36. The largest absolute Gasteiger partial charge is 0.344 e. The Kier molecular flexibility index (Phi) is 3.86. The summed E-state index contributed by atoms with van der Waals surface area (Å²) >= 11 is 5.97. The number of fused-ring (bicyclic) bond motifs is 1. The molecule has 0 amide bonds. The lowest BCUT2D eigenvalue weighted by Gasteiger charge is -2.11. The maximum Gasteiger partial charge on any atom is 0.131 e.